The Morgan fingerprint density at radius 2 is 1.62 bits per heavy atom. The van der Waals surface area contributed by atoms with Gasteiger partial charge < -0.3 is 14.7 Å². The van der Waals surface area contributed by atoms with Gasteiger partial charge in [0, 0.05) is 6.54 Å². The third-order valence-electron chi connectivity index (χ3n) is 4.56. The van der Waals surface area contributed by atoms with Crippen LogP contribution in [0.1, 0.15) is 46.5 Å². The summed E-state index contributed by atoms with van der Waals surface area (Å²) in [5, 5.41) is 9.55. The quantitative estimate of drug-likeness (QED) is 0.788. The first-order valence-corrected chi connectivity index (χ1v) is 7.64. The molecule has 0 bridgehead atoms. The molecule has 0 aromatic rings. The molecule has 1 saturated heterocycles. The zero-order chi connectivity index (χ0) is 18.6. The fourth-order valence-electron chi connectivity index (χ4n) is 3.44. The average molecular weight is 351 g/mol. The number of carboxylic acids is 1. The van der Waals surface area contributed by atoms with Crippen molar-refractivity contribution in [3.8, 4) is 0 Å². The first kappa shape index (κ1) is 18.5. The van der Waals surface area contributed by atoms with Crippen molar-refractivity contribution in [1.29, 1.82) is 0 Å². The molecule has 0 radical (unpaired) electrons. The highest BCUT2D eigenvalue weighted by Gasteiger charge is 2.75. The number of hydrogen-bond donors (Lipinski definition) is 1. The van der Waals surface area contributed by atoms with Crippen molar-refractivity contribution in [2.45, 2.75) is 63.8 Å². The molecule has 1 N–H and O–H groups in total. The standard InChI is InChI=1S/C15H20F3NO5/c1-12(2,3)24-11(23)14(13(6-7-13)10(21)22)5-4-8-19(14)9(20)15(16,17)18/h4-8H2,1-3H3,(H,21,22). The number of aliphatic carboxylic acids is 1. The lowest BCUT2D eigenvalue weighted by Gasteiger charge is -2.42. The Morgan fingerprint density at radius 1 is 1.08 bits per heavy atom. The van der Waals surface area contributed by atoms with E-state index < -0.39 is 40.6 Å². The van der Waals surface area contributed by atoms with Crippen molar-refractivity contribution < 1.29 is 37.4 Å². The van der Waals surface area contributed by atoms with E-state index in [4.69, 9.17) is 4.74 Å². The van der Waals surface area contributed by atoms with Gasteiger partial charge in [0.2, 0.25) is 0 Å². The molecule has 2 fully saturated rings. The maximum Gasteiger partial charge on any atom is 0.471 e. The van der Waals surface area contributed by atoms with E-state index >= 15 is 0 Å². The summed E-state index contributed by atoms with van der Waals surface area (Å²) in [5.74, 6) is -4.65. The van der Waals surface area contributed by atoms with Crippen LogP contribution in [0.15, 0.2) is 0 Å². The van der Waals surface area contributed by atoms with Gasteiger partial charge in [0.25, 0.3) is 0 Å². The van der Waals surface area contributed by atoms with Gasteiger partial charge >= 0.3 is 24.0 Å². The van der Waals surface area contributed by atoms with Crippen LogP contribution >= 0.6 is 0 Å². The van der Waals surface area contributed by atoms with E-state index in [1.807, 2.05) is 0 Å². The van der Waals surface area contributed by atoms with Crippen LogP contribution in [-0.2, 0) is 19.1 Å². The van der Waals surface area contributed by atoms with Gasteiger partial charge in [-0.25, -0.2) is 4.79 Å². The minimum absolute atomic E-state index is 0.0310. The molecule has 0 aromatic carbocycles. The molecule has 1 amide bonds. The largest absolute Gasteiger partial charge is 0.481 e. The second-order valence-corrected chi connectivity index (χ2v) is 7.31. The second kappa shape index (κ2) is 5.35. The third-order valence-corrected chi connectivity index (χ3v) is 4.56. The van der Waals surface area contributed by atoms with Crippen molar-refractivity contribution in [2.24, 2.45) is 5.41 Å². The average Bonchev–Trinajstić information content (AvgIpc) is 3.09. The van der Waals surface area contributed by atoms with E-state index in [1.165, 1.54) is 20.8 Å². The van der Waals surface area contributed by atoms with E-state index in [0.29, 0.717) is 4.90 Å². The van der Waals surface area contributed by atoms with Crippen LogP contribution in [0.5, 0.6) is 0 Å². The Labute approximate surface area is 136 Å². The van der Waals surface area contributed by atoms with Crippen LogP contribution in [0.2, 0.25) is 0 Å². The Balaban J connectivity index is 2.54. The predicted octanol–water partition coefficient (Wildman–Crippen LogP) is 2.12. The molecule has 1 atom stereocenters. The molecular formula is C15H20F3NO5. The Hall–Kier alpha value is -1.80. The summed E-state index contributed by atoms with van der Waals surface area (Å²) in [6, 6.07) is 0. The van der Waals surface area contributed by atoms with Crippen molar-refractivity contribution >= 4 is 17.8 Å². The van der Waals surface area contributed by atoms with Crippen molar-refractivity contribution in [3.63, 3.8) is 0 Å². The Bertz CT molecular complexity index is 577. The van der Waals surface area contributed by atoms with Crippen LogP contribution < -0.4 is 0 Å². The van der Waals surface area contributed by atoms with Gasteiger partial charge in [-0.15, -0.1) is 0 Å². The van der Waals surface area contributed by atoms with Gasteiger partial charge in [-0.2, -0.15) is 13.2 Å². The summed E-state index contributed by atoms with van der Waals surface area (Å²) in [7, 11) is 0. The lowest BCUT2D eigenvalue weighted by Crippen LogP contribution is -2.64. The highest BCUT2D eigenvalue weighted by atomic mass is 19.4. The number of carbonyl (C=O) groups excluding carboxylic acids is 2. The minimum atomic E-state index is -5.19. The molecule has 2 rings (SSSR count). The van der Waals surface area contributed by atoms with E-state index in [0.717, 1.165) is 0 Å². The Kier molecular flexibility index (Phi) is 4.13. The zero-order valence-electron chi connectivity index (χ0n) is 13.7. The number of nitrogens with zero attached hydrogens (tertiary/aromatic N) is 1. The van der Waals surface area contributed by atoms with Gasteiger partial charge in [0.1, 0.15) is 11.0 Å². The van der Waals surface area contributed by atoms with Gasteiger partial charge in [-0.05, 0) is 46.5 Å². The van der Waals surface area contributed by atoms with Gasteiger partial charge in [0.05, 0.1) is 0 Å². The van der Waals surface area contributed by atoms with Gasteiger partial charge in [-0.1, -0.05) is 0 Å². The zero-order valence-corrected chi connectivity index (χ0v) is 13.7. The Morgan fingerprint density at radius 3 is 2.00 bits per heavy atom. The fourth-order valence-corrected chi connectivity index (χ4v) is 3.44. The first-order valence-electron chi connectivity index (χ1n) is 7.64. The van der Waals surface area contributed by atoms with Crippen LogP contribution in [-0.4, -0.2) is 51.7 Å². The third kappa shape index (κ3) is 2.73. The molecule has 1 saturated carbocycles. The maximum absolute atomic E-state index is 13.0. The van der Waals surface area contributed by atoms with Crippen molar-refractivity contribution in [3.05, 3.63) is 0 Å². The molecule has 6 nitrogen and oxygen atoms in total. The summed E-state index contributed by atoms with van der Waals surface area (Å²) in [4.78, 5) is 36.7. The molecule has 1 aliphatic heterocycles. The van der Waals surface area contributed by atoms with Crippen LogP contribution in [0, 0.1) is 5.41 Å². The van der Waals surface area contributed by atoms with Crippen molar-refractivity contribution in [2.75, 3.05) is 6.54 Å². The molecule has 24 heavy (non-hydrogen) atoms. The number of ether oxygens (including phenoxy) is 1. The summed E-state index contributed by atoms with van der Waals surface area (Å²) in [6.07, 6.45) is -5.18. The van der Waals surface area contributed by atoms with Crippen LogP contribution in [0.25, 0.3) is 0 Å². The summed E-state index contributed by atoms with van der Waals surface area (Å²) >= 11 is 0. The molecule has 1 heterocycles. The van der Waals surface area contributed by atoms with Crippen LogP contribution in [0.3, 0.4) is 0 Å². The monoisotopic (exact) mass is 351 g/mol. The number of alkyl halides is 3. The molecule has 9 heteroatoms. The molecule has 1 aliphatic carbocycles. The highest BCUT2D eigenvalue weighted by molar-refractivity contribution is 5.98. The number of hydrogen-bond acceptors (Lipinski definition) is 4. The smallest absolute Gasteiger partial charge is 0.471 e. The van der Waals surface area contributed by atoms with Crippen molar-refractivity contribution in [1.82, 2.24) is 4.90 Å². The molecule has 1 unspecified atom stereocenters. The maximum atomic E-state index is 13.0. The number of carboxylic acid groups (broad SMARTS) is 1. The molecular weight excluding hydrogens is 331 g/mol. The molecule has 0 aromatic heterocycles. The summed E-state index contributed by atoms with van der Waals surface area (Å²) in [5.41, 5.74) is -4.85. The molecule has 2 aliphatic rings. The number of carbonyl (C=O) groups is 3. The normalized spacial score (nSPS) is 26.2. The highest BCUT2D eigenvalue weighted by Crippen LogP contribution is 2.61. The summed E-state index contributed by atoms with van der Waals surface area (Å²) < 4.78 is 44.1. The van der Waals surface area contributed by atoms with Gasteiger partial charge in [0.15, 0.2) is 5.54 Å². The van der Waals surface area contributed by atoms with E-state index in [2.05, 4.69) is 0 Å². The number of rotatable bonds is 3. The number of amides is 1. The number of esters is 1. The topological polar surface area (TPSA) is 83.9 Å². The van der Waals surface area contributed by atoms with E-state index in [9.17, 15) is 32.7 Å². The lowest BCUT2D eigenvalue weighted by atomic mass is 9.77. The molecule has 0 spiro atoms. The second-order valence-electron chi connectivity index (χ2n) is 7.31. The first-order chi connectivity index (χ1) is 10.8. The summed E-state index contributed by atoms with van der Waals surface area (Å²) in [6.45, 7) is 4.27. The van der Waals surface area contributed by atoms with E-state index in [-0.39, 0.29) is 32.2 Å². The minimum Gasteiger partial charge on any atom is -0.481 e. The fraction of sp³-hybridized carbons (Fsp3) is 0.800. The molecule has 136 valence electrons. The SMILES string of the molecule is CC(C)(C)OC(=O)C1(C2(C(=O)O)CC2)CCCN1C(=O)C(F)(F)F. The van der Waals surface area contributed by atoms with E-state index in [1.54, 1.807) is 0 Å². The van der Waals surface area contributed by atoms with Gasteiger partial charge in [-0.3, -0.25) is 9.59 Å². The van der Waals surface area contributed by atoms with Crippen LogP contribution in [0.4, 0.5) is 13.2 Å². The lowest BCUT2D eigenvalue weighted by molar-refractivity contribution is -0.201. The predicted molar refractivity (Wildman–Crippen MR) is 74.9 cm³/mol. The number of halogens is 3. The number of likely N-dealkylation sites (tertiary alicyclic amines) is 1.